The smallest absolute Gasteiger partial charge is 0.191 e. The van der Waals surface area contributed by atoms with E-state index in [1.807, 2.05) is 18.5 Å². The lowest BCUT2D eigenvalue weighted by molar-refractivity contribution is 0.397. The van der Waals surface area contributed by atoms with Crippen molar-refractivity contribution in [3.8, 4) is 0 Å². The van der Waals surface area contributed by atoms with E-state index in [0.29, 0.717) is 31.0 Å². The first-order valence-electron chi connectivity index (χ1n) is 8.97. The molecular formula is C18H25F2IN6. The van der Waals surface area contributed by atoms with Crippen LogP contribution in [0.4, 0.5) is 8.78 Å². The lowest BCUT2D eigenvalue weighted by atomic mass is 10.1. The Kier molecular flexibility index (Phi) is 7.93. The van der Waals surface area contributed by atoms with Gasteiger partial charge in [0, 0.05) is 19.6 Å². The predicted octanol–water partition coefficient (Wildman–Crippen LogP) is 3.12. The van der Waals surface area contributed by atoms with Crippen LogP contribution in [0.15, 0.2) is 23.2 Å². The van der Waals surface area contributed by atoms with Crippen LogP contribution in [0.3, 0.4) is 0 Å². The summed E-state index contributed by atoms with van der Waals surface area (Å²) in [7, 11) is 0. The molecule has 0 bridgehead atoms. The van der Waals surface area contributed by atoms with E-state index < -0.39 is 11.6 Å². The third-order valence-corrected chi connectivity index (χ3v) is 4.29. The number of aromatic nitrogens is 3. The van der Waals surface area contributed by atoms with E-state index in [4.69, 9.17) is 0 Å². The Morgan fingerprint density at radius 2 is 2.19 bits per heavy atom. The van der Waals surface area contributed by atoms with E-state index in [0.717, 1.165) is 43.2 Å². The molecule has 9 heteroatoms. The highest BCUT2D eigenvalue weighted by Gasteiger charge is 2.24. The SMILES string of the molecule is CCNC(=NCCc1cc(F)ccc1F)NC1CCCn2nc(C)nc21.I. The highest BCUT2D eigenvalue weighted by molar-refractivity contribution is 14.0. The number of aliphatic imine (C=N–C) groups is 1. The van der Waals surface area contributed by atoms with Crippen molar-refractivity contribution in [1.29, 1.82) is 0 Å². The highest BCUT2D eigenvalue weighted by Crippen LogP contribution is 2.22. The number of halogens is 3. The van der Waals surface area contributed by atoms with Gasteiger partial charge in [0.25, 0.3) is 0 Å². The third kappa shape index (κ3) is 5.60. The van der Waals surface area contributed by atoms with Crippen molar-refractivity contribution in [1.82, 2.24) is 25.4 Å². The number of fused-ring (bicyclic) bond motifs is 1. The van der Waals surface area contributed by atoms with Crippen molar-refractivity contribution in [2.75, 3.05) is 13.1 Å². The number of aryl methyl sites for hydroxylation is 2. The number of hydrogen-bond acceptors (Lipinski definition) is 3. The molecule has 1 aromatic heterocycles. The van der Waals surface area contributed by atoms with Gasteiger partial charge < -0.3 is 10.6 Å². The Morgan fingerprint density at radius 3 is 2.96 bits per heavy atom. The average molecular weight is 490 g/mol. The van der Waals surface area contributed by atoms with Crippen molar-refractivity contribution in [3.05, 3.63) is 47.0 Å². The fourth-order valence-electron chi connectivity index (χ4n) is 3.11. The van der Waals surface area contributed by atoms with Crippen molar-refractivity contribution >= 4 is 29.9 Å². The van der Waals surface area contributed by atoms with Crippen LogP contribution in [0, 0.1) is 18.6 Å². The Balaban J connectivity index is 0.00000261. The monoisotopic (exact) mass is 490 g/mol. The van der Waals surface area contributed by atoms with Crippen LogP contribution < -0.4 is 10.6 Å². The summed E-state index contributed by atoms with van der Waals surface area (Å²) in [6.07, 6.45) is 2.29. The molecule has 148 valence electrons. The lowest BCUT2D eigenvalue weighted by Crippen LogP contribution is -2.41. The number of benzene rings is 1. The second kappa shape index (κ2) is 9.95. The molecule has 1 aliphatic heterocycles. The molecule has 1 aliphatic rings. The largest absolute Gasteiger partial charge is 0.357 e. The number of nitrogens with one attached hydrogen (secondary N) is 2. The first kappa shape index (κ1) is 21.5. The van der Waals surface area contributed by atoms with Crippen LogP contribution in [0.2, 0.25) is 0 Å². The maximum atomic E-state index is 13.7. The molecule has 1 atom stereocenters. The zero-order chi connectivity index (χ0) is 18.5. The van der Waals surface area contributed by atoms with Gasteiger partial charge in [-0.1, -0.05) is 0 Å². The van der Waals surface area contributed by atoms with E-state index in [-0.39, 0.29) is 30.0 Å². The summed E-state index contributed by atoms with van der Waals surface area (Å²) in [5.41, 5.74) is 0.331. The van der Waals surface area contributed by atoms with Crippen molar-refractivity contribution < 1.29 is 8.78 Å². The second-order valence-electron chi connectivity index (χ2n) is 6.33. The van der Waals surface area contributed by atoms with Crippen LogP contribution in [0.1, 0.15) is 43.0 Å². The summed E-state index contributed by atoms with van der Waals surface area (Å²) < 4.78 is 28.9. The summed E-state index contributed by atoms with van der Waals surface area (Å²) in [5.74, 6) is 1.47. The van der Waals surface area contributed by atoms with Crippen molar-refractivity contribution in [2.45, 2.75) is 45.7 Å². The fraction of sp³-hybridized carbons (Fsp3) is 0.500. The molecule has 0 radical (unpaired) electrons. The van der Waals surface area contributed by atoms with E-state index in [9.17, 15) is 8.78 Å². The van der Waals surface area contributed by atoms with Gasteiger partial charge in [-0.2, -0.15) is 5.10 Å². The molecular weight excluding hydrogens is 465 g/mol. The zero-order valence-electron chi connectivity index (χ0n) is 15.5. The summed E-state index contributed by atoms with van der Waals surface area (Å²) in [6.45, 7) is 5.81. The summed E-state index contributed by atoms with van der Waals surface area (Å²) in [4.78, 5) is 9.01. The summed E-state index contributed by atoms with van der Waals surface area (Å²) in [5, 5.41) is 11.0. The molecule has 6 nitrogen and oxygen atoms in total. The average Bonchev–Trinajstić information content (AvgIpc) is 2.99. The molecule has 1 aromatic carbocycles. The molecule has 0 spiro atoms. The topological polar surface area (TPSA) is 67.1 Å². The molecule has 2 heterocycles. The highest BCUT2D eigenvalue weighted by atomic mass is 127. The van der Waals surface area contributed by atoms with Gasteiger partial charge in [0.15, 0.2) is 5.96 Å². The maximum Gasteiger partial charge on any atom is 0.191 e. The third-order valence-electron chi connectivity index (χ3n) is 4.29. The van der Waals surface area contributed by atoms with Crippen molar-refractivity contribution in [3.63, 3.8) is 0 Å². The molecule has 27 heavy (non-hydrogen) atoms. The van der Waals surface area contributed by atoms with E-state index >= 15 is 0 Å². The zero-order valence-corrected chi connectivity index (χ0v) is 17.8. The molecule has 0 amide bonds. The normalized spacial score (nSPS) is 16.4. The first-order valence-corrected chi connectivity index (χ1v) is 8.97. The molecule has 0 saturated heterocycles. The quantitative estimate of drug-likeness (QED) is 0.384. The molecule has 0 aliphatic carbocycles. The molecule has 3 rings (SSSR count). The number of nitrogens with zero attached hydrogens (tertiary/aromatic N) is 4. The van der Waals surface area contributed by atoms with Crippen LogP contribution in [-0.2, 0) is 13.0 Å². The van der Waals surface area contributed by atoms with Gasteiger partial charge in [0.1, 0.15) is 23.3 Å². The van der Waals surface area contributed by atoms with Gasteiger partial charge in [-0.05, 0) is 56.9 Å². The second-order valence-corrected chi connectivity index (χ2v) is 6.33. The molecule has 0 fully saturated rings. The van der Waals surface area contributed by atoms with Crippen LogP contribution in [-0.4, -0.2) is 33.8 Å². The molecule has 2 aromatic rings. The van der Waals surface area contributed by atoms with Gasteiger partial charge in [0.05, 0.1) is 6.04 Å². The van der Waals surface area contributed by atoms with Crippen LogP contribution >= 0.6 is 24.0 Å². The Bertz CT molecular complexity index is 792. The minimum Gasteiger partial charge on any atom is -0.357 e. The molecule has 2 N–H and O–H groups in total. The standard InChI is InChI=1S/C18H24F2N6.HI/c1-3-21-18(22-9-8-13-11-14(19)6-7-15(13)20)24-16-5-4-10-26-17(16)23-12(2)25-26;/h6-7,11,16H,3-5,8-10H2,1-2H3,(H2,21,22,24);1H. The van der Waals surface area contributed by atoms with E-state index in [1.54, 1.807) is 0 Å². The van der Waals surface area contributed by atoms with E-state index in [1.165, 1.54) is 6.07 Å². The Morgan fingerprint density at radius 1 is 1.37 bits per heavy atom. The fourth-order valence-corrected chi connectivity index (χ4v) is 3.11. The van der Waals surface area contributed by atoms with Gasteiger partial charge in [0.2, 0.25) is 0 Å². The Labute approximate surface area is 174 Å². The summed E-state index contributed by atoms with van der Waals surface area (Å²) in [6, 6.07) is 3.52. The Hall–Kier alpha value is -1.78. The van der Waals surface area contributed by atoms with Crippen LogP contribution in [0.25, 0.3) is 0 Å². The van der Waals surface area contributed by atoms with Gasteiger partial charge in [-0.3, -0.25) is 4.99 Å². The number of hydrogen-bond donors (Lipinski definition) is 2. The lowest BCUT2D eigenvalue weighted by Gasteiger charge is -2.25. The summed E-state index contributed by atoms with van der Waals surface area (Å²) >= 11 is 0. The molecule has 0 saturated carbocycles. The maximum absolute atomic E-state index is 13.7. The minimum absolute atomic E-state index is 0. The van der Waals surface area contributed by atoms with Gasteiger partial charge >= 0.3 is 0 Å². The minimum atomic E-state index is -0.438. The first-order chi connectivity index (χ1) is 12.6. The number of rotatable bonds is 5. The van der Waals surface area contributed by atoms with Gasteiger partial charge in [-0.25, -0.2) is 18.4 Å². The number of guanidine groups is 1. The van der Waals surface area contributed by atoms with Crippen molar-refractivity contribution in [2.24, 2.45) is 4.99 Å². The molecule has 1 unspecified atom stereocenters. The van der Waals surface area contributed by atoms with Gasteiger partial charge in [-0.15, -0.1) is 24.0 Å². The van der Waals surface area contributed by atoms with E-state index in [2.05, 4.69) is 25.7 Å². The predicted molar refractivity (Wildman–Crippen MR) is 111 cm³/mol. The van der Waals surface area contributed by atoms with Crippen LogP contribution in [0.5, 0.6) is 0 Å².